The van der Waals surface area contributed by atoms with E-state index in [2.05, 4.69) is 29.0 Å². The van der Waals surface area contributed by atoms with Gasteiger partial charge < -0.3 is 5.84 Å². The second-order valence-corrected chi connectivity index (χ2v) is 5.10. The van der Waals surface area contributed by atoms with Crippen molar-refractivity contribution in [3.8, 4) is 11.5 Å². The Morgan fingerprint density at radius 1 is 1.31 bits per heavy atom. The molecule has 0 saturated heterocycles. The molecule has 0 aliphatic carbocycles. The van der Waals surface area contributed by atoms with Crippen LogP contribution in [0.1, 0.15) is 13.8 Å². The fourth-order valence-corrected chi connectivity index (χ4v) is 1.95. The van der Waals surface area contributed by atoms with Crippen molar-refractivity contribution in [1.29, 1.82) is 0 Å². The van der Waals surface area contributed by atoms with Crippen molar-refractivity contribution < 1.29 is 0 Å². The van der Waals surface area contributed by atoms with Crippen LogP contribution in [0.3, 0.4) is 0 Å². The molecule has 2 N–H and O–H groups in total. The molecule has 0 spiro atoms. The first-order valence-electron chi connectivity index (χ1n) is 4.97. The van der Waals surface area contributed by atoms with Crippen molar-refractivity contribution in [2.24, 2.45) is 0 Å². The van der Waals surface area contributed by atoms with Crippen molar-refractivity contribution >= 4 is 11.8 Å². The van der Waals surface area contributed by atoms with E-state index in [-0.39, 0.29) is 0 Å². The third-order valence-electron chi connectivity index (χ3n) is 1.90. The standard InChI is InChI=1S/C10H13N5S/c1-7(2)16-10-14-13-9(15(10)11)8-5-3-4-6-12-8/h3-7H,11H2,1-2H3. The third-order valence-corrected chi connectivity index (χ3v) is 2.86. The van der Waals surface area contributed by atoms with Gasteiger partial charge in [0.2, 0.25) is 11.0 Å². The number of pyridine rings is 1. The zero-order valence-corrected chi connectivity index (χ0v) is 9.98. The van der Waals surface area contributed by atoms with Crippen LogP contribution in [0.15, 0.2) is 29.6 Å². The molecule has 0 saturated carbocycles. The number of nitrogens with zero attached hydrogens (tertiary/aromatic N) is 4. The van der Waals surface area contributed by atoms with E-state index in [1.165, 1.54) is 4.68 Å². The monoisotopic (exact) mass is 235 g/mol. The minimum atomic E-state index is 0.420. The molecule has 0 bridgehead atoms. The van der Waals surface area contributed by atoms with E-state index < -0.39 is 0 Å². The van der Waals surface area contributed by atoms with Crippen molar-refractivity contribution in [3.63, 3.8) is 0 Å². The van der Waals surface area contributed by atoms with Gasteiger partial charge in [-0.05, 0) is 12.1 Å². The fourth-order valence-electron chi connectivity index (χ4n) is 1.24. The maximum atomic E-state index is 5.91. The number of nitrogens with two attached hydrogens (primary N) is 1. The lowest BCUT2D eigenvalue weighted by atomic mass is 10.3. The Balaban J connectivity index is 2.34. The summed E-state index contributed by atoms with van der Waals surface area (Å²) in [6.07, 6.45) is 1.71. The van der Waals surface area contributed by atoms with E-state index in [4.69, 9.17) is 5.84 Å². The van der Waals surface area contributed by atoms with Crippen LogP contribution in [0.4, 0.5) is 0 Å². The number of hydrogen-bond donors (Lipinski definition) is 1. The first-order valence-corrected chi connectivity index (χ1v) is 5.85. The Morgan fingerprint density at radius 2 is 2.12 bits per heavy atom. The smallest absolute Gasteiger partial charge is 0.210 e. The van der Waals surface area contributed by atoms with Crippen molar-refractivity contribution in [1.82, 2.24) is 19.9 Å². The molecule has 2 aromatic heterocycles. The minimum Gasteiger partial charge on any atom is -0.335 e. The third kappa shape index (κ3) is 2.16. The SMILES string of the molecule is CC(C)Sc1nnc(-c2ccccn2)n1N. The minimum absolute atomic E-state index is 0.420. The fraction of sp³-hybridized carbons (Fsp3) is 0.300. The second kappa shape index (κ2) is 4.52. The molecular weight excluding hydrogens is 222 g/mol. The molecule has 2 rings (SSSR count). The summed E-state index contributed by atoms with van der Waals surface area (Å²) in [6.45, 7) is 4.17. The number of nitrogen functional groups attached to an aromatic ring is 1. The largest absolute Gasteiger partial charge is 0.335 e. The van der Waals surface area contributed by atoms with Gasteiger partial charge in [0, 0.05) is 11.4 Å². The van der Waals surface area contributed by atoms with Crippen LogP contribution in [0, 0.1) is 0 Å². The molecule has 6 heteroatoms. The van der Waals surface area contributed by atoms with Crippen LogP contribution >= 0.6 is 11.8 Å². The lowest BCUT2D eigenvalue weighted by molar-refractivity contribution is 0.843. The highest BCUT2D eigenvalue weighted by atomic mass is 32.2. The number of thioether (sulfide) groups is 1. The maximum Gasteiger partial charge on any atom is 0.210 e. The van der Waals surface area contributed by atoms with Crippen LogP contribution in [-0.4, -0.2) is 25.1 Å². The normalized spacial score (nSPS) is 10.9. The van der Waals surface area contributed by atoms with E-state index in [9.17, 15) is 0 Å². The van der Waals surface area contributed by atoms with E-state index in [0.29, 0.717) is 16.2 Å². The summed E-state index contributed by atoms with van der Waals surface area (Å²) in [5.41, 5.74) is 0.730. The van der Waals surface area contributed by atoms with Gasteiger partial charge in [0.25, 0.3) is 0 Å². The highest BCUT2D eigenvalue weighted by molar-refractivity contribution is 7.99. The van der Waals surface area contributed by atoms with Crippen LogP contribution in [0.5, 0.6) is 0 Å². The first-order chi connectivity index (χ1) is 7.68. The van der Waals surface area contributed by atoms with Crippen LogP contribution in [-0.2, 0) is 0 Å². The summed E-state index contributed by atoms with van der Waals surface area (Å²) in [5.74, 6) is 6.50. The molecular formula is C10H13N5S. The Kier molecular flexibility index (Phi) is 3.09. The molecule has 0 amide bonds. The summed E-state index contributed by atoms with van der Waals surface area (Å²) in [7, 11) is 0. The molecule has 5 nitrogen and oxygen atoms in total. The highest BCUT2D eigenvalue weighted by Crippen LogP contribution is 2.22. The summed E-state index contributed by atoms with van der Waals surface area (Å²) in [4.78, 5) is 4.19. The van der Waals surface area contributed by atoms with Gasteiger partial charge >= 0.3 is 0 Å². The summed E-state index contributed by atoms with van der Waals surface area (Å²) in [5, 5.41) is 9.21. The Morgan fingerprint density at radius 3 is 2.75 bits per heavy atom. The molecule has 0 aliphatic rings. The van der Waals surface area contributed by atoms with Gasteiger partial charge in [-0.15, -0.1) is 10.2 Å². The maximum absolute atomic E-state index is 5.91. The average molecular weight is 235 g/mol. The Bertz CT molecular complexity index is 465. The summed E-state index contributed by atoms with van der Waals surface area (Å²) in [6, 6.07) is 5.61. The number of rotatable bonds is 3. The summed E-state index contributed by atoms with van der Waals surface area (Å²) >= 11 is 1.58. The van der Waals surface area contributed by atoms with Gasteiger partial charge in [-0.1, -0.05) is 31.7 Å². The van der Waals surface area contributed by atoms with Crippen LogP contribution < -0.4 is 5.84 Å². The van der Waals surface area contributed by atoms with Gasteiger partial charge in [0.1, 0.15) is 5.69 Å². The van der Waals surface area contributed by atoms with Gasteiger partial charge in [0.15, 0.2) is 0 Å². The lowest BCUT2D eigenvalue weighted by Gasteiger charge is -2.04. The Hall–Kier alpha value is -1.56. The van der Waals surface area contributed by atoms with Gasteiger partial charge in [-0.3, -0.25) is 4.98 Å². The van der Waals surface area contributed by atoms with Crippen molar-refractivity contribution in [3.05, 3.63) is 24.4 Å². The molecule has 0 unspecified atom stereocenters. The molecule has 0 aromatic carbocycles. The van der Waals surface area contributed by atoms with Gasteiger partial charge in [0.05, 0.1) is 0 Å². The van der Waals surface area contributed by atoms with E-state index >= 15 is 0 Å². The average Bonchev–Trinajstić information content (AvgIpc) is 2.61. The zero-order chi connectivity index (χ0) is 11.5. The molecule has 0 aliphatic heterocycles. The van der Waals surface area contributed by atoms with Gasteiger partial charge in [-0.2, -0.15) is 0 Å². The van der Waals surface area contributed by atoms with E-state index in [0.717, 1.165) is 5.69 Å². The molecule has 84 valence electrons. The predicted molar refractivity (Wildman–Crippen MR) is 64.4 cm³/mol. The van der Waals surface area contributed by atoms with Crippen molar-refractivity contribution in [2.75, 3.05) is 5.84 Å². The molecule has 0 radical (unpaired) electrons. The quantitative estimate of drug-likeness (QED) is 0.645. The second-order valence-electron chi connectivity index (χ2n) is 3.56. The van der Waals surface area contributed by atoms with E-state index in [1.807, 2.05) is 18.2 Å². The Labute approximate surface area is 98.1 Å². The molecule has 16 heavy (non-hydrogen) atoms. The topological polar surface area (TPSA) is 69.6 Å². The lowest BCUT2D eigenvalue weighted by Crippen LogP contribution is -2.12. The van der Waals surface area contributed by atoms with Crippen LogP contribution in [0.25, 0.3) is 11.5 Å². The zero-order valence-electron chi connectivity index (χ0n) is 9.16. The first kappa shape index (κ1) is 10.9. The van der Waals surface area contributed by atoms with Crippen LogP contribution in [0.2, 0.25) is 0 Å². The molecule has 0 atom stereocenters. The predicted octanol–water partition coefficient (Wildman–Crippen LogP) is 1.55. The van der Waals surface area contributed by atoms with Gasteiger partial charge in [-0.25, -0.2) is 4.68 Å². The summed E-state index contributed by atoms with van der Waals surface area (Å²) < 4.78 is 1.48. The van der Waals surface area contributed by atoms with E-state index in [1.54, 1.807) is 18.0 Å². The number of hydrogen-bond acceptors (Lipinski definition) is 5. The highest BCUT2D eigenvalue weighted by Gasteiger charge is 2.13. The number of aromatic nitrogens is 4. The molecule has 2 heterocycles. The molecule has 2 aromatic rings. The van der Waals surface area contributed by atoms with Crippen molar-refractivity contribution in [2.45, 2.75) is 24.3 Å². The molecule has 0 fully saturated rings.